The lowest BCUT2D eigenvalue weighted by atomic mass is 9.66. The van der Waals surface area contributed by atoms with Gasteiger partial charge < -0.3 is 4.57 Å². The van der Waals surface area contributed by atoms with Crippen LogP contribution in [-0.2, 0) is 17.3 Å². The van der Waals surface area contributed by atoms with Gasteiger partial charge in [0.1, 0.15) is 0 Å². The Bertz CT molecular complexity index is 6360. The number of allylic oxidation sites excluding steroid dienone is 4. The maximum absolute atomic E-state index is 3.83. The number of hydrogen-bond donors (Lipinski definition) is 0. The van der Waals surface area contributed by atoms with Crippen LogP contribution in [-0.4, -0.2) is 4.57 Å². The van der Waals surface area contributed by atoms with Crippen molar-refractivity contribution in [1.29, 1.82) is 0 Å². The van der Waals surface area contributed by atoms with Crippen LogP contribution in [0.3, 0.4) is 0 Å². The van der Waals surface area contributed by atoms with Crippen molar-refractivity contribution in [2.24, 2.45) is 0 Å². The Morgan fingerprint density at radius 3 is 1.17 bits per heavy atom. The molecule has 0 N–H and O–H groups in total. The third kappa shape index (κ3) is 7.93. The minimum atomic E-state index is -0.435. The van der Waals surface area contributed by atoms with E-state index >= 15 is 0 Å². The van der Waals surface area contributed by atoms with E-state index in [4.69, 9.17) is 0 Å². The molecule has 0 bridgehead atoms. The normalized spacial score (nSPS) is 15.7. The minimum absolute atomic E-state index is 0. The molecule has 17 aromatic rings. The second kappa shape index (κ2) is 22.3. The summed E-state index contributed by atoms with van der Waals surface area (Å²) in [6, 6.07) is 122. The van der Waals surface area contributed by atoms with Crippen LogP contribution in [0.4, 0.5) is 0 Å². The van der Waals surface area contributed by atoms with E-state index in [-0.39, 0.29) is 12.8 Å². The summed E-state index contributed by atoms with van der Waals surface area (Å²) in [6.07, 6.45) is 10.4. The SMILES string of the molecule is Brc1ccc2c(c1)C1(c3ccccc3-c3ccccc31)c1cc3c4ccccc4c4ccccc4c3cc1-2.C.C1=CC2c3ccccc3-c3cc4c(cc3C2C=C1)-c1ccc(-n2c3ccccc3c3ccccc32)cc1C41c2ccccc2-c2ccccc21.c1ccc2c(c1)Cc1ccccc1-2. The summed E-state index contributed by atoms with van der Waals surface area (Å²) in [4.78, 5) is 0. The fourth-order valence-corrected chi connectivity index (χ4v) is 20.2. The van der Waals surface area contributed by atoms with Gasteiger partial charge in [-0.15, -0.1) is 0 Å². The fraction of sp³-hybridized carbons (Fsp3) is 0.0600. The Balaban J connectivity index is 0.000000114. The van der Waals surface area contributed by atoms with Gasteiger partial charge in [-0.1, -0.05) is 315 Å². The Morgan fingerprint density at radius 2 is 0.627 bits per heavy atom. The van der Waals surface area contributed by atoms with Crippen LogP contribution in [0.1, 0.15) is 86.0 Å². The van der Waals surface area contributed by atoms with Crippen LogP contribution in [0, 0.1) is 0 Å². The molecule has 0 aliphatic heterocycles. The zero-order valence-corrected chi connectivity index (χ0v) is 56.8. The lowest BCUT2D eigenvalue weighted by Crippen LogP contribution is -2.26. The molecule has 0 fully saturated rings. The van der Waals surface area contributed by atoms with E-state index in [2.05, 4.69) is 372 Å². The van der Waals surface area contributed by atoms with Crippen molar-refractivity contribution in [2.75, 3.05) is 0 Å². The third-order valence-corrected chi connectivity index (χ3v) is 24.3. The molecule has 0 saturated carbocycles. The Kier molecular flexibility index (Phi) is 12.9. The van der Waals surface area contributed by atoms with E-state index in [1.165, 1.54) is 193 Å². The predicted molar refractivity (Wildman–Crippen MR) is 431 cm³/mol. The highest BCUT2D eigenvalue weighted by Crippen LogP contribution is 2.67. The topological polar surface area (TPSA) is 4.93 Å². The summed E-state index contributed by atoms with van der Waals surface area (Å²) in [5.41, 5.74) is 36.0. The zero-order valence-electron chi connectivity index (χ0n) is 55.2. The Morgan fingerprint density at radius 1 is 0.255 bits per heavy atom. The van der Waals surface area contributed by atoms with Crippen molar-refractivity contribution >= 4 is 70.1 Å². The molecule has 0 amide bonds. The number of rotatable bonds is 1. The molecular formula is C100H66BrN. The molecule has 0 saturated heterocycles. The van der Waals surface area contributed by atoms with Gasteiger partial charge in [0.15, 0.2) is 0 Å². The molecule has 7 aliphatic carbocycles. The van der Waals surface area contributed by atoms with Crippen molar-refractivity contribution in [2.45, 2.75) is 36.5 Å². The van der Waals surface area contributed by atoms with Gasteiger partial charge in [-0.25, -0.2) is 0 Å². The molecule has 1 aromatic heterocycles. The van der Waals surface area contributed by atoms with Crippen LogP contribution in [0.5, 0.6) is 0 Å². The smallest absolute Gasteiger partial charge is 0.0726 e. The average molecular weight is 1360 g/mol. The number of hydrogen-bond acceptors (Lipinski definition) is 0. The molecule has 24 rings (SSSR count). The van der Waals surface area contributed by atoms with Gasteiger partial charge in [0.05, 0.1) is 21.9 Å². The molecular weight excluding hydrogens is 1300 g/mol. The lowest BCUT2D eigenvalue weighted by molar-refractivity contribution is 0.718. The van der Waals surface area contributed by atoms with Gasteiger partial charge in [0.25, 0.3) is 0 Å². The fourth-order valence-electron chi connectivity index (χ4n) is 19.9. The molecule has 2 atom stereocenters. The summed E-state index contributed by atoms with van der Waals surface area (Å²) < 4.78 is 3.59. The summed E-state index contributed by atoms with van der Waals surface area (Å²) >= 11 is 3.83. The summed E-state index contributed by atoms with van der Waals surface area (Å²) in [7, 11) is 0. The van der Waals surface area contributed by atoms with Crippen molar-refractivity contribution in [3.05, 3.63) is 423 Å². The van der Waals surface area contributed by atoms with Crippen LogP contribution < -0.4 is 0 Å². The first-order chi connectivity index (χ1) is 50.0. The van der Waals surface area contributed by atoms with Crippen molar-refractivity contribution in [3.63, 3.8) is 0 Å². The van der Waals surface area contributed by atoms with Crippen LogP contribution >= 0.6 is 15.9 Å². The number of benzene rings is 16. The van der Waals surface area contributed by atoms with Gasteiger partial charge >= 0.3 is 0 Å². The summed E-state index contributed by atoms with van der Waals surface area (Å²) in [5.74, 6) is 0.664. The van der Waals surface area contributed by atoms with Gasteiger partial charge in [-0.05, 0) is 233 Å². The lowest BCUT2D eigenvalue weighted by Gasteiger charge is -2.36. The van der Waals surface area contributed by atoms with E-state index in [0.29, 0.717) is 11.8 Å². The number of fused-ring (bicyclic) bond motifs is 38. The van der Waals surface area contributed by atoms with Crippen LogP contribution in [0.15, 0.2) is 356 Å². The van der Waals surface area contributed by atoms with Crippen LogP contribution in [0.25, 0.3) is 127 Å². The van der Waals surface area contributed by atoms with E-state index in [9.17, 15) is 0 Å². The number of aromatic nitrogens is 1. The monoisotopic (exact) mass is 1360 g/mol. The molecule has 2 unspecified atom stereocenters. The molecule has 2 heteroatoms. The molecule has 2 spiro atoms. The van der Waals surface area contributed by atoms with E-state index in [1.807, 2.05) is 0 Å². The second-order valence-electron chi connectivity index (χ2n) is 28.4. The van der Waals surface area contributed by atoms with E-state index in [1.54, 1.807) is 0 Å². The Labute approximate surface area is 602 Å². The first-order valence-corrected chi connectivity index (χ1v) is 36.3. The van der Waals surface area contributed by atoms with E-state index < -0.39 is 5.41 Å². The maximum Gasteiger partial charge on any atom is 0.0726 e. The highest BCUT2D eigenvalue weighted by atomic mass is 79.9. The molecule has 7 aliphatic rings. The highest BCUT2D eigenvalue weighted by molar-refractivity contribution is 9.10. The average Bonchev–Trinajstić information content (AvgIpc) is 1.51. The number of nitrogens with zero attached hydrogens (tertiary/aromatic N) is 1. The molecule has 16 aromatic carbocycles. The minimum Gasteiger partial charge on any atom is -0.309 e. The second-order valence-corrected chi connectivity index (χ2v) is 29.3. The van der Waals surface area contributed by atoms with Gasteiger partial charge in [-0.3, -0.25) is 0 Å². The van der Waals surface area contributed by atoms with E-state index in [0.717, 1.165) is 10.9 Å². The van der Waals surface area contributed by atoms with Gasteiger partial charge in [0.2, 0.25) is 0 Å². The van der Waals surface area contributed by atoms with Crippen LogP contribution in [0.2, 0.25) is 0 Å². The maximum atomic E-state index is 3.83. The van der Waals surface area contributed by atoms with Crippen molar-refractivity contribution in [3.8, 4) is 72.4 Å². The molecule has 1 nitrogen and oxygen atoms in total. The molecule has 0 radical (unpaired) electrons. The first kappa shape index (κ1) is 59.0. The van der Waals surface area contributed by atoms with Gasteiger partial charge in [0, 0.05) is 32.8 Å². The Hall–Kier alpha value is -11.9. The number of para-hydroxylation sites is 2. The first-order valence-electron chi connectivity index (χ1n) is 35.5. The van der Waals surface area contributed by atoms with Crippen molar-refractivity contribution < 1.29 is 0 Å². The molecule has 102 heavy (non-hydrogen) atoms. The number of halogens is 1. The quantitative estimate of drug-likeness (QED) is 0.144. The largest absolute Gasteiger partial charge is 0.309 e. The van der Waals surface area contributed by atoms with Crippen molar-refractivity contribution in [1.82, 2.24) is 4.57 Å². The van der Waals surface area contributed by atoms with Gasteiger partial charge in [-0.2, -0.15) is 0 Å². The molecule has 1 heterocycles. The summed E-state index contributed by atoms with van der Waals surface area (Å²) in [6.45, 7) is 0. The highest BCUT2D eigenvalue weighted by Gasteiger charge is 2.54. The third-order valence-electron chi connectivity index (χ3n) is 23.8. The molecule has 478 valence electrons. The standard InChI is InChI=1S/C49H31N.C37H21Br.C13H10.CH4/c1-3-15-33-31(13-1)32-14-2-4-16-34(32)41-29-46-42(28-40(33)41)37-26-25-30(50-47-23-11-7-19-38(47)39-20-8-12-24-48(39)50)27-45(37)49(46)43-21-9-5-17-35(43)36-18-6-10-22-44(36)49;38-22-17-18-29-32-20-30-25-11-3-1-9-23(25)24-10-2-4-12-26(24)31(30)21-36(32)37(35(29)19-22)33-15-7-5-13-27(33)28-14-6-8-16-34(28)37;1-3-7-12-10(5-1)9-11-6-2-4-8-13(11)12;/h1-29,31,33H;1-21H;1-8H,9H2;1H4. The summed E-state index contributed by atoms with van der Waals surface area (Å²) in [5, 5.41) is 10.5. The zero-order chi connectivity index (χ0) is 66.2. The predicted octanol–water partition coefficient (Wildman–Crippen LogP) is 26.2.